The molecule has 1 N–H and O–H groups in total. The molecule has 9 heteroatoms. The Morgan fingerprint density at radius 2 is 1.74 bits per heavy atom. The zero-order valence-corrected chi connectivity index (χ0v) is 14.5. The number of benzene rings is 1. The van der Waals surface area contributed by atoms with Gasteiger partial charge >= 0.3 is 12.1 Å². The topological polar surface area (TPSA) is 60.3 Å². The van der Waals surface area contributed by atoms with Crippen LogP contribution in [0.15, 0.2) is 60.2 Å². The van der Waals surface area contributed by atoms with Gasteiger partial charge in [-0.2, -0.15) is 13.2 Å². The van der Waals surface area contributed by atoms with Gasteiger partial charge in [0.2, 0.25) is 0 Å². The van der Waals surface area contributed by atoms with Crippen molar-refractivity contribution in [2.24, 2.45) is 0 Å². The van der Waals surface area contributed by atoms with Gasteiger partial charge in [0.05, 0.1) is 11.3 Å². The molecule has 0 unspecified atom stereocenters. The van der Waals surface area contributed by atoms with Crippen molar-refractivity contribution in [3.8, 4) is 5.69 Å². The molecule has 3 aromatic rings. The molecule has 0 radical (unpaired) electrons. The molecule has 0 atom stereocenters. The predicted octanol–water partition coefficient (Wildman–Crippen LogP) is 4.35. The predicted molar refractivity (Wildman–Crippen MR) is 94.0 cm³/mol. The molecule has 2 heterocycles. The van der Waals surface area contributed by atoms with E-state index in [1.807, 2.05) is 12.1 Å². The summed E-state index contributed by atoms with van der Waals surface area (Å²) in [4.78, 5) is 24.4. The highest BCUT2D eigenvalue weighted by atomic mass is 32.1. The number of halogens is 3. The molecule has 27 heavy (non-hydrogen) atoms. The van der Waals surface area contributed by atoms with Crippen LogP contribution in [0.4, 0.5) is 18.9 Å². The van der Waals surface area contributed by atoms with Crippen LogP contribution in [-0.4, -0.2) is 23.1 Å². The van der Waals surface area contributed by atoms with Crippen molar-refractivity contribution in [1.82, 2.24) is 4.57 Å². The first-order valence-corrected chi connectivity index (χ1v) is 8.57. The van der Waals surface area contributed by atoms with Crippen LogP contribution >= 0.6 is 11.3 Å². The average Bonchev–Trinajstić information content (AvgIpc) is 3.30. The molecule has 0 aliphatic heterocycles. The molecule has 1 amide bonds. The quantitative estimate of drug-likeness (QED) is 0.655. The van der Waals surface area contributed by atoms with Crippen LogP contribution in [0, 0.1) is 0 Å². The number of nitrogens with one attached hydrogen (secondary N) is 1. The summed E-state index contributed by atoms with van der Waals surface area (Å²) in [5, 5.41) is 4.11. The Balaban J connectivity index is 1.57. The van der Waals surface area contributed by atoms with Gasteiger partial charge in [-0.3, -0.25) is 4.79 Å². The molecule has 0 aliphatic rings. The lowest BCUT2D eigenvalue weighted by atomic mass is 10.2. The Kier molecular flexibility index (Phi) is 5.31. The van der Waals surface area contributed by atoms with Crippen molar-refractivity contribution in [1.29, 1.82) is 0 Å². The number of amides is 1. The van der Waals surface area contributed by atoms with E-state index in [2.05, 4.69) is 5.32 Å². The van der Waals surface area contributed by atoms with Crippen LogP contribution in [0.1, 0.15) is 15.2 Å². The summed E-state index contributed by atoms with van der Waals surface area (Å²) in [6, 6.07) is 9.35. The summed E-state index contributed by atoms with van der Waals surface area (Å²) in [6.45, 7) is -0.553. The number of carbonyl (C=O) groups is 2. The van der Waals surface area contributed by atoms with Crippen LogP contribution in [-0.2, 0) is 15.7 Å². The Labute approximate surface area is 156 Å². The molecule has 1 aromatic carbocycles. The minimum atomic E-state index is -4.45. The lowest BCUT2D eigenvalue weighted by Gasteiger charge is -2.09. The van der Waals surface area contributed by atoms with Crippen LogP contribution in [0.2, 0.25) is 0 Å². The second-order valence-corrected chi connectivity index (χ2v) is 6.34. The molecule has 5 nitrogen and oxygen atoms in total. The zero-order chi connectivity index (χ0) is 19.4. The van der Waals surface area contributed by atoms with Gasteiger partial charge in [-0.05, 0) is 47.8 Å². The van der Waals surface area contributed by atoms with E-state index in [9.17, 15) is 22.8 Å². The maximum absolute atomic E-state index is 12.5. The van der Waals surface area contributed by atoms with Crippen LogP contribution in [0.3, 0.4) is 0 Å². The number of nitrogens with zero attached hydrogens (tertiary/aromatic N) is 1. The Morgan fingerprint density at radius 1 is 1.07 bits per heavy atom. The Morgan fingerprint density at radius 3 is 2.37 bits per heavy atom. The molecule has 3 rings (SSSR count). The second-order valence-electron chi connectivity index (χ2n) is 5.42. The van der Waals surface area contributed by atoms with E-state index in [1.54, 1.807) is 28.4 Å². The first-order valence-electron chi connectivity index (χ1n) is 7.69. The van der Waals surface area contributed by atoms with E-state index in [0.717, 1.165) is 24.3 Å². The Hall–Kier alpha value is -3.07. The van der Waals surface area contributed by atoms with E-state index >= 15 is 0 Å². The number of hydrogen-bond donors (Lipinski definition) is 1. The molecule has 0 saturated carbocycles. The van der Waals surface area contributed by atoms with Crippen LogP contribution in [0.25, 0.3) is 5.69 Å². The number of aromatic nitrogens is 1. The molecular weight excluding hydrogens is 381 g/mol. The number of alkyl halides is 3. The fourth-order valence-electron chi connectivity index (χ4n) is 2.29. The van der Waals surface area contributed by atoms with Crippen molar-refractivity contribution in [2.45, 2.75) is 6.18 Å². The number of rotatable bonds is 5. The minimum Gasteiger partial charge on any atom is -0.451 e. The zero-order valence-electron chi connectivity index (χ0n) is 13.7. The number of carbonyl (C=O) groups excluding carboxylic acids is 2. The molecular formula is C18H13F3N2O3S. The number of hydrogen-bond acceptors (Lipinski definition) is 4. The van der Waals surface area contributed by atoms with E-state index in [0.29, 0.717) is 10.6 Å². The van der Waals surface area contributed by atoms with Crippen molar-refractivity contribution < 1.29 is 27.5 Å². The van der Waals surface area contributed by atoms with Crippen molar-refractivity contribution in [2.75, 3.05) is 11.9 Å². The van der Waals surface area contributed by atoms with Gasteiger partial charge in [-0.15, -0.1) is 11.3 Å². The maximum atomic E-state index is 12.5. The van der Waals surface area contributed by atoms with Gasteiger partial charge in [0, 0.05) is 18.1 Å². The van der Waals surface area contributed by atoms with Crippen LogP contribution < -0.4 is 5.32 Å². The summed E-state index contributed by atoms with van der Waals surface area (Å²) in [5.41, 5.74) is -0.00601. The average molecular weight is 394 g/mol. The van der Waals surface area contributed by atoms with Gasteiger partial charge in [-0.25, -0.2) is 4.79 Å². The van der Waals surface area contributed by atoms with Crippen molar-refractivity contribution in [3.05, 3.63) is 70.7 Å². The Bertz CT molecular complexity index is 932. The summed E-state index contributed by atoms with van der Waals surface area (Å²) in [6.07, 6.45) is -0.900. The SMILES string of the molecule is O=C(COC(=O)c1sccc1-n1cccc1)Nc1ccc(C(F)(F)F)cc1. The molecule has 0 fully saturated rings. The summed E-state index contributed by atoms with van der Waals surface area (Å²) in [7, 11) is 0. The standard InChI is InChI=1S/C18H13F3N2O3S/c19-18(20,21)12-3-5-13(6-4-12)22-15(24)11-26-17(25)16-14(7-10-27-16)23-8-1-2-9-23/h1-10H,11H2,(H,22,24). The largest absolute Gasteiger partial charge is 0.451 e. The van der Waals surface area contributed by atoms with E-state index in [1.165, 1.54) is 11.3 Å². The first-order chi connectivity index (χ1) is 12.8. The molecule has 140 valence electrons. The minimum absolute atomic E-state index is 0.174. The van der Waals surface area contributed by atoms with Crippen molar-refractivity contribution >= 4 is 28.9 Å². The fourth-order valence-corrected chi connectivity index (χ4v) is 3.07. The molecule has 0 spiro atoms. The lowest BCUT2D eigenvalue weighted by molar-refractivity contribution is -0.137. The number of anilines is 1. The smallest absolute Gasteiger partial charge is 0.416 e. The summed E-state index contributed by atoms with van der Waals surface area (Å²) < 4.78 is 44.3. The summed E-state index contributed by atoms with van der Waals surface area (Å²) in [5.74, 6) is -1.31. The van der Waals surface area contributed by atoms with E-state index < -0.39 is 30.2 Å². The van der Waals surface area contributed by atoms with Gasteiger partial charge < -0.3 is 14.6 Å². The lowest BCUT2D eigenvalue weighted by Crippen LogP contribution is -2.21. The monoisotopic (exact) mass is 394 g/mol. The number of esters is 1. The molecule has 0 bridgehead atoms. The molecule has 0 aliphatic carbocycles. The fraction of sp³-hybridized carbons (Fsp3) is 0.111. The normalized spacial score (nSPS) is 11.2. The second kappa shape index (κ2) is 7.67. The van der Waals surface area contributed by atoms with Gasteiger partial charge in [0.25, 0.3) is 5.91 Å². The third kappa shape index (κ3) is 4.56. The van der Waals surface area contributed by atoms with Crippen LogP contribution in [0.5, 0.6) is 0 Å². The highest BCUT2D eigenvalue weighted by Crippen LogP contribution is 2.29. The van der Waals surface area contributed by atoms with Gasteiger partial charge in [-0.1, -0.05) is 0 Å². The maximum Gasteiger partial charge on any atom is 0.416 e. The van der Waals surface area contributed by atoms with Gasteiger partial charge in [0.1, 0.15) is 4.88 Å². The number of ether oxygens (including phenoxy) is 1. The van der Waals surface area contributed by atoms with E-state index in [4.69, 9.17) is 4.74 Å². The van der Waals surface area contributed by atoms with Gasteiger partial charge in [0.15, 0.2) is 6.61 Å². The highest BCUT2D eigenvalue weighted by Gasteiger charge is 2.30. The number of thiophene rings is 1. The third-order valence-corrected chi connectivity index (χ3v) is 4.43. The third-order valence-electron chi connectivity index (χ3n) is 3.54. The highest BCUT2D eigenvalue weighted by molar-refractivity contribution is 7.12. The summed E-state index contributed by atoms with van der Waals surface area (Å²) >= 11 is 1.18. The molecule has 2 aromatic heterocycles. The first kappa shape index (κ1) is 18.7. The molecule has 0 saturated heterocycles. The van der Waals surface area contributed by atoms with Crippen molar-refractivity contribution in [3.63, 3.8) is 0 Å². The van der Waals surface area contributed by atoms with E-state index in [-0.39, 0.29) is 5.69 Å².